The monoisotopic (exact) mass is 342 g/mol. The summed E-state index contributed by atoms with van der Waals surface area (Å²) in [6.07, 6.45) is 6.48. The number of hydrogen-bond acceptors (Lipinski definition) is 5. The van der Waals surface area contributed by atoms with Gasteiger partial charge in [0.15, 0.2) is 0 Å². The average molecular weight is 342 g/mol. The van der Waals surface area contributed by atoms with Gasteiger partial charge in [-0.15, -0.1) is 0 Å². The Bertz CT molecular complexity index is 728. The molecule has 1 amide bonds. The summed E-state index contributed by atoms with van der Waals surface area (Å²) in [6, 6.07) is 4.04. The molecule has 1 aliphatic carbocycles. The molecule has 0 aromatic carbocycles. The normalized spacial score (nSPS) is 16.7. The van der Waals surface area contributed by atoms with Gasteiger partial charge in [0.1, 0.15) is 5.76 Å². The highest BCUT2D eigenvalue weighted by Gasteiger charge is 2.29. The van der Waals surface area contributed by atoms with Crippen LogP contribution in [0.4, 0.5) is 0 Å². The smallest absolute Gasteiger partial charge is 0.231 e. The molecule has 0 saturated heterocycles. The molecule has 0 aliphatic heterocycles. The van der Waals surface area contributed by atoms with E-state index in [9.17, 15) is 4.79 Å². The molecule has 1 atom stereocenters. The van der Waals surface area contributed by atoms with Crippen LogP contribution >= 0.6 is 0 Å². The van der Waals surface area contributed by atoms with Crippen LogP contribution in [-0.2, 0) is 17.8 Å². The number of fused-ring (bicyclic) bond motifs is 1. The molecular weight excluding hydrogens is 316 g/mol. The van der Waals surface area contributed by atoms with E-state index >= 15 is 0 Å². The number of carbonyl (C=O) groups is 1. The molecule has 0 fully saturated rings. The van der Waals surface area contributed by atoms with E-state index in [1.165, 1.54) is 5.56 Å². The van der Waals surface area contributed by atoms with Crippen LogP contribution in [0.1, 0.15) is 41.7 Å². The van der Waals surface area contributed by atoms with Gasteiger partial charge in [-0.3, -0.25) is 14.7 Å². The van der Waals surface area contributed by atoms with Crippen molar-refractivity contribution < 1.29 is 9.21 Å². The van der Waals surface area contributed by atoms with Crippen molar-refractivity contribution in [1.82, 2.24) is 19.8 Å². The van der Waals surface area contributed by atoms with E-state index in [2.05, 4.69) is 20.9 Å². The summed E-state index contributed by atoms with van der Waals surface area (Å²) in [4.78, 5) is 25.5. The van der Waals surface area contributed by atoms with Gasteiger partial charge in [0, 0.05) is 26.3 Å². The van der Waals surface area contributed by atoms with Crippen molar-refractivity contribution in [2.24, 2.45) is 0 Å². The van der Waals surface area contributed by atoms with Crippen molar-refractivity contribution >= 4 is 5.91 Å². The predicted molar refractivity (Wildman–Crippen MR) is 95.1 cm³/mol. The molecular formula is C19H26N4O2. The zero-order valence-electron chi connectivity index (χ0n) is 15.2. The first-order chi connectivity index (χ1) is 12.0. The molecule has 6 nitrogen and oxygen atoms in total. The molecule has 134 valence electrons. The van der Waals surface area contributed by atoms with E-state index in [0.29, 0.717) is 19.0 Å². The van der Waals surface area contributed by atoms with Gasteiger partial charge in [-0.2, -0.15) is 0 Å². The lowest BCUT2D eigenvalue weighted by Gasteiger charge is -2.28. The van der Waals surface area contributed by atoms with Crippen LogP contribution in [0.2, 0.25) is 0 Å². The summed E-state index contributed by atoms with van der Waals surface area (Å²) in [5.41, 5.74) is 2.19. The SMILES string of the molecule is Cc1cnc(CN(C)CCN(C)C(=O)C2CCCc3cccnc32)o1. The van der Waals surface area contributed by atoms with Crippen LogP contribution in [0.15, 0.2) is 28.9 Å². The summed E-state index contributed by atoms with van der Waals surface area (Å²) in [5, 5.41) is 0. The minimum Gasteiger partial charge on any atom is -0.445 e. The second kappa shape index (κ2) is 7.78. The Labute approximate surface area is 148 Å². The fourth-order valence-corrected chi connectivity index (χ4v) is 3.33. The highest BCUT2D eigenvalue weighted by atomic mass is 16.4. The lowest BCUT2D eigenvalue weighted by molar-refractivity contribution is -0.132. The summed E-state index contributed by atoms with van der Waals surface area (Å²) < 4.78 is 5.50. The van der Waals surface area contributed by atoms with Gasteiger partial charge in [0.25, 0.3) is 0 Å². The fraction of sp³-hybridized carbons (Fsp3) is 0.526. The van der Waals surface area contributed by atoms with E-state index in [1.54, 1.807) is 12.4 Å². The van der Waals surface area contributed by atoms with Crippen molar-refractivity contribution in [1.29, 1.82) is 0 Å². The third-order valence-corrected chi connectivity index (χ3v) is 4.76. The van der Waals surface area contributed by atoms with Crippen LogP contribution in [0.25, 0.3) is 0 Å². The quantitative estimate of drug-likeness (QED) is 0.806. The van der Waals surface area contributed by atoms with Crippen LogP contribution < -0.4 is 0 Å². The van der Waals surface area contributed by atoms with Crippen LogP contribution in [-0.4, -0.2) is 52.9 Å². The van der Waals surface area contributed by atoms with Crippen molar-refractivity contribution in [3.8, 4) is 0 Å². The lowest BCUT2D eigenvalue weighted by atomic mass is 9.86. The largest absolute Gasteiger partial charge is 0.445 e. The summed E-state index contributed by atoms with van der Waals surface area (Å²) >= 11 is 0. The Morgan fingerprint density at radius 2 is 2.16 bits per heavy atom. The number of aryl methyl sites for hydroxylation is 2. The Kier molecular flexibility index (Phi) is 5.48. The first-order valence-electron chi connectivity index (χ1n) is 8.83. The minimum absolute atomic E-state index is 0.102. The van der Waals surface area contributed by atoms with Gasteiger partial charge in [-0.05, 0) is 44.9 Å². The van der Waals surface area contributed by atoms with E-state index in [4.69, 9.17) is 4.42 Å². The molecule has 3 rings (SSSR count). The zero-order chi connectivity index (χ0) is 17.8. The molecule has 0 radical (unpaired) electrons. The van der Waals surface area contributed by atoms with Crippen LogP contribution in [0.3, 0.4) is 0 Å². The Hall–Kier alpha value is -2.21. The number of hydrogen-bond donors (Lipinski definition) is 0. The van der Waals surface area contributed by atoms with Crippen molar-refractivity contribution in [2.75, 3.05) is 27.2 Å². The summed E-state index contributed by atoms with van der Waals surface area (Å²) in [6.45, 7) is 3.97. The topological polar surface area (TPSA) is 62.5 Å². The fourth-order valence-electron chi connectivity index (χ4n) is 3.33. The maximum Gasteiger partial charge on any atom is 0.231 e. The van der Waals surface area contributed by atoms with Crippen LogP contribution in [0, 0.1) is 6.92 Å². The van der Waals surface area contributed by atoms with Gasteiger partial charge in [0.05, 0.1) is 24.4 Å². The van der Waals surface area contributed by atoms with Gasteiger partial charge >= 0.3 is 0 Å². The molecule has 0 saturated carbocycles. The van der Waals surface area contributed by atoms with Gasteiger partial charge in [-0.25, -0.2) is 4.98 Å². The molecule has 0 spiro atoms. The number of pyridine rings is 1. The molecule has 1 aliphatic rings. The number of rotatable bonds is 6. The highest BCUT2D eigenvalue weighted by Crippen LogP contribution is 2.31. The van der Waals surface area contributed by atoms with E-state index < -0.39 is 0 Å². The third kappa shape index (κ3) is 4.25. The van der Waals surface area contributed by atoms with Gasteiger partial charge < -0.3 is 9.32 Å². The lowest BCUT2D eigenvalue weighted by Crippen LogP contribution is -2.38. The van der Waals surface area contributed by atoms with E-state index in [0.717, 1.165) is 37.3 Å². The molecule has 2 aromatic rings. The number of nitrogens with zero attached hydrogens (tertiary/aromatic N) is 4. The maximum atomic E-state index is 12.9. The molecule has 1 unspecified atom stereocenters. The molecule has 6 heteroatoms. The molecule has 25 heavy (non-hydrogen) atoms. The first-order valence-corrected chi connectivity index (χ1v) is 8.83. The Balaban J connectivity index is 1.54. The number of oxazole rings is 1. The van der Waals surface area contributed by atoms with Gasteiger partial charge in [0.2, 0.25) is 11.8 Å². The number of aromatic nitrogens is 2. The number of likely N-dealkylation sites (N-methyl/N-ethyl adjacent to an activating group) is 2. The average Bonchev–Trinajstić information content (AvgIpc) is 3.03. The van der Waals surface area contributed by atoms with E-state index in [-0.39, 0.29) is 11.8 Å². The highest BCUT2D eigenvalue weighted by molar-refractivity contribution is 5.83. The molecule has 0 N–H and O–H groups in total. The Morgan fingerprint density at radius 1 is 1.32 bits per heavy atom. The van der Waals surface area contributed by atoms with Crippen molar-refractivity contribution in [3.05, 3.63) is 47.4 Å². The standard InChI is InChI=1S/C19H26N4O2/c1-14-12-21-17(25-14)13-22(2)10-11-23(3)19(24)16-8-4-6-15-7-5-9-20-18(15)16/h5,7,9,12,16H,4,6,8,10-11,13H2,1-3H3. The molecule has 2 heterocycles. The van der Waals surface area contributed by atoms with Crippen molar-refractivity contribution in [2.45, 2.75) is 38.6 Å². The first kappa shape index (κ1) is 17.6. The number of carbonyl (C=O) groups excluding carboxylic acids is 1. The van der Waals surface area contributed by atoms with Crippen molar-refractivity contribution in [3.63, 3.8) is 0 Å². The Morgan fingerprint density at radius 3 is 2.92 bits per heavy atom. The molecule has 2 aromatic heterocycles. The minimum atomic E-state index is -0.102. The number of amides is 1. The zero-order valence-corrected chi connectivity index (χ0v) is 15.2. The predicted octanol–water partition coefficient (Wildman–Crippen LogP) is 2.39. The second-order valence-corrected chi connectivity index (χ2v) is 6.85. The van der Waals surface area contributed by atoms with Crippen LogP contribution in [0.5, 0.6) is 0 Å². The maximum absolute atomic E-state index is 12.9. The summed E-state index contributed by atoms with van der Waals surface area (Å²) in [5.74, 6) is 1.59. The summed E-state index contributed by atoms with van der Waals surface area (Å²) in [7, 11) is 3.89. The third-order valence-electron chi connectivity index (χ3n) is 4.76. The van der Waals surface area contributed by atoms with Gasteiger partial charge in [-0.1, -0.05) is 6.07 Å². The molecule has 0 bridgehead atoms. The van der Waals surface area contributed by atoms with E-state index in [1.807, 2.05) is 32.0 Å². The second-order valence-electron chi connectivity index (χ2n) is 6.85.